The first-order valence-corrected chi connectivity index (χ1v) is 5.27. The van der Waals surface area contributed by atoms with Crippen LogP contribution in [0.4, 0.5) is 0 Å². The van der Waals surface area contributed by atoms with Crippen molar-refractivity contribution in [2.45, 2.75) is 39.4 Å². The molecular formula is C13H18O3. The Labute approximate surface area is 96.1 Å². The molecule has 16 heavy (non-hydrogen) atoms. The van der Waals surface area contributed by atoms with Gasteiger partial charge in [0.05, 0.1) is 0 Å². The predicted molar refractivity (Wildman–Crippen MR) is 62.0 cm³/mol. The third kappa shape index (κ3) is 3.35. The summed E-state index contributed by atoms with van der Waals surface area (Å²) in [6.07, 6.45) is -0.634. The Morgan fingerprint density at radius 1 is 1.31 bits per heavy atom. The van der Waals surface area contributed by atoms with E-state index < -0.39 is 17.7 Å². The van der Waals surface area contributed by atoms with Gasteiger partial charge in [-0.1, -0.05) is 29.8 Å². The van der Waals surface area contributed by atoms with Crippen molar-refractivity contribution in [1.82, 2.24) is 0 Å². The second-order valence-corrected chi connectivity index (χ2v) is 4.55. The van der Waals surface area contributed by atoms with Gasteiger partial charge in [-0.2, -0.15) is 0 Å². The van der Waals surface area contributed by atoms with Crippen LogP contribution in [0.1, 0.15) is 38.0 Å². The third-order valence-electron chi connectivity index (χ3n) is 2.31. The molecule has 0 spiro atoms. The number of hydrogen-bond donors (Lipinski definition) is 1. The van der Waals surface area contributed by atoms with E-state index in [1.165, 1.54) is 6.92 Å². The average Bonchev–Trinajstić information content (AvgIpc) is 2.14. The van der Waals surface area contributed by atoms with Gasteiger partial charge in [0.25, 0.3) is 0 Å². The molecule has 0 radical (unpaired) electrons. The zero-order chi connectivity index (χ0) is 12.3. The summed E-state index contributed by atoms with van der Waals surface area (Å²) in [7, 11) is 0. The minimum absolute atomic E-state index is 0.396. The van der Waals surface area contributed by atoms with Crippen LogP contribution in [-0.4, -0.2) is 16.7 Å². The van der Waals surface area contributed by atoms with Crippen LogP contribution in [-0.2, 0) is 9.53 Å². The average molecular weight is 222 g/mol. The molecule has 88 valence electrons. The van der Waals surface area contributed by atoms with E-state index in [1.54, 1.807) is 13.8 Å². The zero-order valence-electron chi connectivity index (χ0n) is 10.2. The fourth-order valence-corrected chi connectivity index (χ4v) is 1.53. The molecule has 1 atom stereocenters. The molecule has 0 fully saturated rings. The summed E-state index contributed by atoms with van der Waals surface area (Å²) in [5, 5.41) is 9.97. The number of ether oxygens (including phenoxy) is 1. The van der Waals surface area contributed by atoms with Gasteiger partial charge in [0.15, 0.2) is 6.10 Å². The number of carbonyl (C=O) groups is 1. The molecular weight excluding hydrogens is 204 g/mol. The van der Waals surface area contributed by atoms with Crippen LogP contribution in [0, 0.1) is 6.92 Å². The molecule has 1 aromatic carbocycles. The van der Waals surface area contributed by atoms with E-state index in [1.807, 2.05) is 31.2 Å². The smallest absolute Gasteiger partial charge is 0.303 e. The molecule has 0 aliphatic heterocycles. The van der Waals surface area contributed by atoms with Crippen LogP contribution in [0.3, 0.4) is 0 Å². The number of aryl methyl sites for hydroxylation is 1. The highest BCUT2D eigenvalue weighted by molar-refractivity contribution is 5.66. The van der Waals surface area contributed by atoms with Crippen molar-refractivity contribution in [2.75, 3.05) is 0 Å². The van der Waals surface area contributed by atoms with Gasteiger partial charge in [-0.05, 0) is 26.3 Å². The molecule has 0 bridgehead atoms. The number of hydrogen-bond acceptors (Lipinski definition) is 3. The van der Waals surface area contributed by atoms with Gasteiger partial charge < -0.3 is 9.84 Å². The van der Waals surface area contributed by atoms with Crippen LogP contribution < -0.4 is 0 Å². The van der Waals surface area contributed by atoms with Gasteiger partial charge in [0.1, 0.15) is 5.60 Å². The first-order chi connectivity index (χ1) is 7.30. The Kier molecular flexibility index (Phi) is 3.70. The molecule has 3 nitrogen and oxygen atoms in total. The summed E-state index contributed by atoms with van der Waals surface area (Å²) < 4.78 is 5.15. The van der Waals surface area contributed by atoms with E-state index in [-0.39, 0.29) is 0 Å². The standard InChI is InChI=1S/C13H18O3/c1-9-5-7-11(8-6-9)12(13(3,4)15)16-10(2)14/h5-8,12,15H,1-4H3. The van der Waals surface area contributed by atoms with Gasteiger partial charge in [0.2, 0.25) is 0 Å². The molecule has 0 saturated heterocycles. The quantitative estimate of drug-likeness (QED) is 0.799. The van der Waals surface area contributed by atoms with Crippen molar-refractivity contribution in [3.8, 4) is 0 Å². The van der Waals surface area contributed by atoms with E-state index in [9.17, 15) is 9.90 Å². The van der Waals surface area contributed by atoms with Gasteiger partial charge in [0, 0.05) is 6.92 Å². The molecule has 1 aromatic rings. The second kappa shape index (κ2) is 4.66. The Morgan fingerprint density at radius 3 is 2.19 bits per heavy atom. The summed E-state index contributed by atoms with van der Waals surface area (Å²) in [6.45, 7) is 6.57. The number of rotatable bonds is 3. The largest absolute Gasteiger partial charge is 0.455 e. The Morgan fingerprint density at radius 2 is 1.81 bits per heavy atom. The molecule has 0 saturated carbocycles. The van der Waals surface area contributed by atoms with E-state index in [4.69, 9.17) is 4.74 Å². The highest BCUT2D eigenvalue weighted by atomic mass is 16.6. The SMILES string of the molecule is CC(=O)OC(c1ccc(C)cc1)C(C)(C)O. The maximum atomic E-state index is 11.0. The first-order valence-electron chi connectivity index (χ1n) is 5.27. The summed E-state index contributed by atoms with van der Waals surface area (Å²) in [6, 6.07) is 7.58. The molecule has 0 aromatic heterocycles. The maximum Gasteiger partial charge on any atom is 0.303 e. The van der Waals surface area contributed by atoms with Gasteiger partial charge in [-0.15, -0.1) is 0 Å². The minimum atomic E-state index is -1.10. The predicted octanol–water partition coefficient (Wildman–Crippen LogP) is 2.37. The molecule has 3 heteroatoms. The number of esters is 1. The molecule has 1 unspecified atom stereocenters. The summed E-state index contributed by atoms with van der Waals surface area (Å²) in [4.78, 5) is 11.0. The van der Waals surface area contributed by atoms with Gasteiger partial charge in [-0.3, -0.25) is 4.79 Å². The summed E-state index contributed by atoms with van der Waals surface area (Å²) >= 11 is 0. The minimum Gasteiger partial charge on any atom is -0.455 e. The van der Waals surface area contributed by atoms with Crippen molar-refractivity contribution in [3.63, 3.8) is 0 Å². The lowest BCUT2D eigenvalue weighted by Crippen LogP contribution is -2.32. The fourth-order valence-electron chi connectivity index (χ4n) is 1.53. The molecule has 1 N–H and O–H groups in total. The lowest BCUT2D eigenvalue weighted by molar-refractivity contribution is -0.160. The van der Waals surface area contributed by atoms with Crippen LogP contribution in [0.25, 0.3) is 0 Å². The van der Waals surface area contributed by atoms with Crippen LogP contribution in [0.15, 0.2) is 24.3 Å². The van der Waals surface area contributed by atoms with E-state index in [0.29, 0.717) is 0 Å². The van der Waals surface area contributed by atoms with Gasteiger partial charge >= 0.3 is 5.97 Å². The Bertz CT molecular complexity index is 360. The molecule has 0 heterocycles. The van der Waals surface area contributed by atoms with E-state index in [2.05, 4.69) is 0 Å². The second-order valence-electron chi connectivity index (χ2n) is 4.55. The van der Waals surface area contributed by atoms with Crippen LogP contribution in [0.2, 0.25) is 0 Å². The Hall–Kier alpha value is -1.35. The molecule has 0 aliphatic rings. The first kappa shape index (κ1) is 12.7. The summed E-state index contributed by atoms with van der Waals surface area (Å²) in [5.74, 6) is -0.396. The van der Waals surface area contributed by atoms with E-state index >= 15 is 0 Å². The third-order valence-corrected chi connectivity index (χ3v) is 2.31. The maximum absolute atomic E-state index is 11.0. The molecule has 0 aliphatic carbocycles. The number of carbonyl (C=O) groups excluding carboxylic acids is 1. The number of aliphatic hydroxyl groups is 1. The van der Waals surface area contributed by atoms with Crippen molar-refractivity contribution in [2.24, 2.45) is 0 Å². The zero-order valence-corrected chi connectivity index (χ0v) is 10.2. The van der Waals surface area contributed by atoms with Crippen LogP contribution in [0.5, 0.6) is 0 Å². The van der Waals surface area contributed by atoms with Crippen molar-refractivity contribution >= 4 is 5.97 Å². The summed E-state index contributed by atoms with van der Waals surface area (Å²) in [5.41, 5.74) is 0.829. The topological polar surface area (TPSA) is 46.5 Å². The highest BCUT2D eigenvalue weighted by Crippen LogP contribution is 2.29. The van der Waals surface area contributed by atoms with Gasteiger partial charge in [-0.25, -0.2) is 0 Å². The fraction of sp³-hybridized carbons (Fsp3) is 0.462. The van der Waals surface area contributed by atoms with Crippen LogP contribution >= 0.6 is 0 Å². The lowest BCUT2D eigenvalue weighted by atomic mass is 9.94. The van der Waals surface area contributed by atoms with Crippen molar-refractivity contribution < 1.29 is 14.6 Å². The highest BCUT2D eigenvalue weighted by Gasteiger charge is 2.31. The monoisotopic (exact) mass is 222 g/mol. The van der Waals surface area contributed by atoms with E-state index in [0.717, 1.165) is 11.1 Å². The molecule has 0 amide bonds. The Balaban J connectivity index is 3.01. The normalized spacial score (nSPS) is 13.3. The molecule has 1 rings (SSSR count). The van der Waals surface area contributed by atoms with Crippen molar-refractivity contribution in [1.29, 1.82) is 0 Å². The lowest BCUT2D eigenvalue weighted by Gasteiger charge is -2.29. The number of benzene rings is 1. The van der Waals surface area contributed by atoms with Crippen molar-refractivity contribution in [3.05, 3.63) is 35.4 Å².